The van der Waals surface area contributed by atoms with Crippen LogP contribution in [0.25, 0.3) is 0 Å². The molecule has 0 aromatic carbocycles. The Hall–Kier alpha value is -0.720. The maximum Gasteiger partial charge on any atom is 0.0150 e. The predicted molar refractivity (Wildman–Crippen MR) is 50.9 cm³/mol. The van der Waals surface area contributed by atoms with Crippen LogP contribution in [-0.4, -0.2) is 4.98 Å². The molecule has 1 aliphatic rings. The highest BCUT2D eigenvalue weighted by Gasteiger charge is 2.34. The van der Waals surface area contributed by atoms with Crippen LogP contribution in [0.15, 0.2) is 18.3 Å². The van der Waals surface area contributed by atoms with Gasteiger partial charge in [0.15, 0.2) is 0 Å². The number of rotatable bonds is 2. The monoisotopic (exact) mass is 163 g/mol. The first-order valence-electron chi connectivity index (χ1n) is 4.89. The molecule has 0 amide bonds. The Kier molecular flexibility index (Phi) is 1.95. The van der Waals surface area contributed by atoms with Crippen molar-refractivity contribution in [3.05, 3.63) is 24.0 Å². The highest BCUT2D eigenvalue weighted by atomic mass is 14.7. The van der Waals surface area contributed by atoms with Crippen molar-refractivity contribution in [1.29, 1.82) is 0 Å². The molecule has 0 bridgehead atoms. The summed E-state index contributed by atoms with van der Waals surface area (Å²) in [6, 6.07) is 4.28. The lowest BCUT2D eigenvalue weighted by atomic mass is 9.65. The maximum absolute atomic E-state index is 3.28. The van der Waals surface area contributed by atoms with Gasteiger partial charge in [-0.3, -0.25) is 0 Å². The van der Waals surface area contributed by atoms with Gasteiger partial charge in [0, 0.05) is 11.9 Å². The second-order valence-corrected chi connectivity index (χ2v) is 4.25. The van der Waals surface area contributed by atoms with Gasteiger partial charge in [0.1, 0.15) is 0 Å². The molecule has 66 valence electrons. The number of aromatic nitrogens is 1. The Morgan fingerprint density at radius 2 is 2.17 bits per heavy atom. The fourth-order valence-electron chi connectivity index (χ4n) is 2.45. The van der Waals surface area contributed by atoms with Crippen LogP contribution < -0.4 is 0 Å². The summed E-state index contributed by atoms with van der Waals surface area (Å²) in [6.45, 7) is 4.74. The molecule has 0 spiro atoms. The molecule has 1 saturated carbocycles. The van der Waals surface area contributed by atoms with Gasteiger partial charge >= 0.3 is 0 Å². The number of nitrogens with one attached hydrogen (secondary N) is 1. The van der Waals surface area contributed by atoms with Crippen LogP contribution in [0, 0.1) is 17.8 Å². The summed E-state index contributed by atoms with van der Waals surface area (Å²) in [6.07, 6.45) is 4.68. The molecule has 1 heterocycles. The Labute approximate surface area is 74.2 Å². The van der Waals surface area contributed by atoms with E-state index in [0.717, 1.165) is 17.8 Å². The molecule has 12 heavy (non-hydrogen) atoms. The molecule has 0 radical (unpaired) electrons. The topological polar surface area (TPSA) is 15.8 Å². The summed E-state index contributed by atoms with van der Waals surface area (Å²) >= 11 is 0. The summed E-state index contributed by atoms with van der Waals surface area (Å²) in [5, 5.41) is 0. The van der Waals surface area contributed by atoms with Crippen molar-refractivity contribution >= 4 is 0 Å². The third-order valence-corrected chi connectivity index (χ3v) is 3.32. The second kappa shape index (κ2) is 2.96. The molecule has 2 unspecified atom stereocenters. The first kappa shape index (κ1) is 7.90. The molecule has 1 N–H and O–H groups in total. The summed E-state index contributed by atoms with van der Waals surface area (Å²) in [4.78, 5) is 3.28. The van der Waals surface area contributed by atoms with E-state index >= 15 is 0 Å². The zero-order chi connectivity index (χ0) is 8.55. The molecular formula is C11H17N. The van der Waals surface area contributed by atoms with E-state index in [1.54, 1.807) is 0 Å². The first-order valence-corrected chi connectivity index (χ1v) is 4.89. The summed E-state index contributed by atoms with van der Waals surface area (Å²) in [5.74, 6) is 2.79. The highest BCUT2D eigenvalue weighted by molar-refractivity contribution is 5.06. The van der Waals surface area contributed by atoms with Crippen LogP contribution in [0.3, 0.4) is 0 Å². The van der Waals surface area contributed by atoms with Gasteiger partial charge in [-0.05, 0) is 42.7 Å². The van der Waals surface area contributed by atoms with Crippen LogP contribution in [0.1, 0.15) is 26.0 Å². The predicted octanol–water partition coefficient (Wildman–Crippen LogP) is 2.85. The fraction of sp³-hybridized carbons (Fsp3) is 0.636. The number of aromatic amines is 1. The van der Waals surface area contributed by atoms with Gasteiger partial charge in [-0.15, -0.1) is 0 Å². The summed E-state index contributed by atoms with van der Waals surface area (Å²) in [5.41, 5.74) is 1.40. The van der Waals surface area contributed by atoms with Gasteiger partial charge in [0.25, 0.3) is 0 Å². The molecule has 1 aliphatic carbocycles. The Morgan fingerprint density at radius 1 is 1.42 bits per heavy atom. The van der Waals surface area contributed by atoms with E-state index in [1.807, 2.05) is 6.20 Å². The third-order valence-electron chi connectivity index (χ3n) is 3.32. The molecule has 2 rings (SSSR count). The van der Waals surface area contributed by atoms with Crippen LogP contribution in [0.2, 0.25) is 0 Å². The minimum atomic E-state index is 0.920. The van der Waals surface area contributed by atoms with Crippen molar-refractivity contribution in [2.45, 2.75) is 26.7 Å². The molecule has 0 aliphatic heterocycles. The molecule has 1 aromatic rings. The third kappa shape index (κ3) is 1.28. The average Bonchev–Trinajstić information content (AvgIpc) is 2.52. The van der Waals surface area contributed by atoms with Crippen LogP contribution in [-0.2, 0) is 6.42 Å². The molecule has 1 fully saturated rings. The van der Waals surface area contributed by atoms with E-state index in [0.29, 0.717) is 0 Å². The van der Waals surface area contributed by atoms with E-state index in [1.165, 1.54) is 18.5 Å². The summed E-state index contributed by atoms with van der Waals surface area (Å²) < 4.78 is 0. The van der Waals surface area contributed by atoms with Gasteiger partial charge in [-0.25, -0.2) is 0 Å². The van der Waals surface area contributed by atoms with Crippen molar-refractivity contribution in [2.24, 2.45) is 17.8 Å². The second-order valence-electron chi connectivity index (χ2n) is 4.25. The Bertz CT molecular complexity index is 230. The highest BCUT2D eigenvalue weighted by Crippen LogP contribution is 2.41. The Balaban J connectivity index is 1.95. The van der Waals surface area contributed by atoms with Crippen molar-refractivity contribution in [2.75, 3.05) is 0 Å². The molecule has 1 heteroatoms. The lowest BCUT2D eigenvalue weighted by Gasteiger charge is -2.41. The zero-order valence-electron chi connectivity index (χ0n) is 7.88. The van der Waals surface area contributed by atoms with Gasteiger partial charge < -0.3 is 4.98 Å². The minimum absolute atomic E-state index is 0.920. The maximum atomic E-state index is 3.28. The van der Waals surface area contributed by atoms with E-state index < -0.39 is 0 Å². The molecule has 0 saturated heterocycles. The van der Waals surface area contributed by atoms with Crippen molar-refractivity contribution < 1.29 is 0 Å². The van der Waals surface area contributed by atoms with Gasteiger partial charge in [0.2, 0.25) is 0 Å². The number of H-pyrrole nitrogens is 1. The van der Waals surface area contributed by atoms with E-state index in [-0.39, 0.29) is 0 Å². The number of hydrogen-bond donors (Lipinski definition) is 1. The van der Waals surface area contributed by atoms with Crippen LogP contribution in [0.5, 0.6) is 0 Å². The van der Waals surface area contributed by atoms with Gasteiger partial charge in [-0.2, -0.15) is 0 Å². The zero-order valence-corrected chi connectivity index (χ0v) is 7.88. The van der Waals surface area contributed by atoms with E-state index in [9.17, 15) is 0 Å². The van der Waals surface area contributed by atoms with Crippen molar-refractivity contribution in [3.8, 4) is 0 Å². The van der Waals surface area contributed by atoms with E-state index in [4.69, 9.17) is 0 Å². The van der Waals surface area contributed by atoms with Crippen molar-refractivity contribution in [3.63, 3.8) is 0 Å². The van der Waals surface area contributed by atoms with Gasteiger partial charge in [0.05, 0.1) is 0 Å². The normalized spacial score (nSPS) is 34.7. The lowest BCUT2D eigenvalue weighted by Crippen LogP contribution is -2.34. The number of hydrogen-bond acceptors (Lipinski definition) is 0. The average molecular weight is 163 g/mol. The van der Waals surface area contributed by atoms with Crippen LogP contribution >= 0.6 is 0 Å². The summed E-state index contributed by atoms with van der Waals surface area (Å²) in [7, 11) is 0. The molecule has 1 aromatic heterocycles. The van der Waals surface area contributed by atoms with Gasteiger partial charge in [-0.1, -0.05) is 13.8 Å². The molecule has 2 atom stereocenters. The quantitative estimate of drug-likeness (QED) is 0.690. The smallest absolute Gasteiger partial charge is 0.0150 e. The minimum Gasteiger partial charge on any atom is -0.365 e. The van der Waals surface area contributed by atoms with Crippen LogP contribution in [0.4, 0.5) is 0 Å². The molecule has 1 nitrogen and oxygen atoms in total. The standard InChI is InChI=1S/C11H17N/c1-8-6-9(2)11(8)7-10-4-3-5-12-10/h3-5,8-9,11-12H,6-7H2,1-2H3. The first-order chi connectivity index (χ1) is 5.77. The SMILES string of the molecule is CC1CC(C)C1Cc1ccc[nH]1. The van der Waals surface area contributed by atoms with Crippen molar-refractivity contribution in [1.82, 2.24) is 4.98 Å². The largest absolute Gasteiger partial charge is 0.365 e. The lowest BCUT2D eigenvalue weighted by molar-refractivity contribution is 0.101. The molecular weight excluding hydrogens is 146 g/mol. The fourth-order valence-corrected chi connectivity index (χ4v) is 2.45. The Morgan fingerprint density at radius 3 is 2.67 bits per heavy atom. The van der Waals surface area contributed by atoms with E-state index in [2.05, 4.69) is 31.0 Å².